The third-order valence-corrected chi connectivity index (χ3v) is 5.70. The van der Waals surface area contributed by atoms with Crippen LogP contribution in [-0.2, 0) is 17.8 Å². The summed E-state index contributed by atoms with van der Waals surface area (Å²) in [5, 5.41) is 6.61. The van der Waals surface area contributed by atoms with Crippen LogP contribution >= 0.6 is 22.9 Å². The number of hydrogen-bond donors (Lipinski definition) is 1. The van der Waals surface area contributed by atoms with Crippen molar-refractivity contribution < 1.29 is 4.79 Å². The van der Waals surface area contributed by atoms with Crippen LogP contribution in [-0.4, -0.2) is 22.0 Å². The van der Waals surface area contributed by atoms with Crippen molar-refractivity contribution in [3.8, 4) is 22.0 Å². The number of nitrogens with zero attached hydrogens (tertiary/aromatic N) is 2. The molecule has 29 heavy (non-hydrogen) atoms. The molecule has 0 aliphatic carbocycles. The van der Waals surface area contributed by atoms with E-state index in [0.29, 0.717) is 11.6 Å². The lowest BCUT2D eigenvalue weighted by molar-refractivity contribution is -0.121. The predicted molar refractivity (Wildman–Crippen MR) is 119 cm³/mol. The van der Waals surface area contributed by atoms with Crippen LogP contribution in [0.5, 0.6) is 0 Å². The molecule has 2 heterocycles. The Balaban J connectivity index is 1.39. The average Bonchev–Trinajstić information content (AvgIpc) is 3.39. The summed E-state index contributed by atoms with van der Waals surface area (Å²) in [5.41, 5.74) is 4.08. The van der Waals surface area contributed by atoms with Gasteiger partial charge in [0.2, 0.25) is 5.91 Å². The molecule has 4 nitrogen and oxygen atoms in total. The smallest absolute Gasteiger partial charge is 0.239 e. The molecule has 1 amide bonds. The molecule has 0 fully saturated rings. The van der Waals surface area contributed by atoms with E-state index in [2.05, 4.69) is 17.4 Å². The Morgan fingerprint density at radius 1 is 1.03 bits per heavy atom. The van der Waals surface area contributed by atoms with Gasteiger partial charge in [-0.3, -0.25) is 4.79 Å². The van der Waals surface area contributed by atoms with Crippen molar-refractivity contribution in [1.29, 1.82) is 0 Å². The van der Waals surface area contributed by atoms with Crippen LogP contribution in [0.4, 0.5) is 0 Å². The Bertz CT molecular complexity index is 1090. The summed E-state index contributed by atoms with van der Waals surface area (Å²) in [6, 6.07) is 21.7. The molecule has 0 unspecified atom stereocenters. The standard InChI is InChI=1S/C23H20ClN3OS/c24-19-10-8-18(9-11-19)20-16-29-23(26-20)21-7-4-14-27(21)15-22(28)25-13-12-17-5-2-1-3-6-17/h1-11,14,16H,12-13,15H2,(H,25,28). The van der Waals surface area contributed by atoms with E-state index in [4.69, 9.17) is 16.6 Å². The van der Waals surface area contributed by atoms with Crippen LogP contribution in [0.3, 0.4) is 0 Å². The van der Waals surface area contributed by atoms with Crippen LogP contribution in [0.25, 0.3) is 22.0 Å². The summed E-state index contributed by atoms with van der Waals surface area (Å²) in [7, 11) is 0. The van der Waals surface area contributed by atoms with E-state index in [-0.39, 0.29) is 12.5 Å². The third-order valence-electron chi connectivity index (χ3n) is 4.59. The molecular formula is C23H20ClN3OS. The molecule has 4 aromatic rings. The molecule has 0 saturated heterocycles. The number of hydrogen-bond acceptors (Lipinski definition) is 3. The predicted octanol–water partition coefficient (Wildman–Crippen LogP) is 5.29. The Morgan fingerprint density at radius 3 is 2.62 bits per heavy atom. The van der Waals surface area contributed by atoms with Gasteiger partial charge in [0.05, 0.1) is 11.4 Å². The van der Waals surface area contributed by atoms with Crippen LogP contribution in [0.1, 0.15) is 5.56 Å². The molecule has 146 valence electrons. The molecule has 0 aliphatic rings. The lowest BCUT2D eigenvalue weighted by atomic mass is 10.1. The van der Waals surface area contributed by atoms with Crippen LogP contribution < -0.4 is 5.32 Å². The zero-order valence-corrected chi connectivity index (χ0v) is 17.3. The van der Waals surface area contributed by atoms with Crippen molar-refractivity contribution in [1.82, 2.24) is 14.9 Å². The number of nitrogens with one attached hydrogen (secondary N) is 1. The zero-order chi connectivity index (χ0) is 20.1. The van der Waals surface area contributed by atoms with E-state index in [1.165, 1.54) is 5.56 Å². The molecule has 0 saturated carbocycles. The van der Waals surface area contributed by atoms with Gasteiger partial charge in [-0.1, -0.05) is 54.1 Å². The molecular weight excluding hydrogens is 402 g/mol. The van der Waals surface area contributed by atoms with Gasteiger partial charge in [-0.15, -0.1) is 11.3 Å². The number of aromatic nitrogens is 2. The highest BCUT2D eigenvalue weighted by molar-refractivity contribution is 7.13. The van der Waals surface area contributed by atoms with Crippen molar-refractivity contribution in [2.45, 2.75) is 13.0 Å². The van der Waals surface area contributed by atoms with Gasteiger partial charge in [0, 0.05) is 28.7 Å². The van der Waals surface area contributed by atoms with E-state index in [9.17, 15) is 4.79 Å². The van der Waals surface area contributed by atoms with E-state index in [1.807, 2.05) is 70.7 Å². The number of halogens is 1. The van der Waals surface area contributed by atoms with Crippen LogP contribution in [0, 0.1) is 0 Å². The first-order valence-corrected chi connectivity index (χ1v) is 10.6. The SMILES string of the molecule is O=C(Cn1cccc1-c1nc(-c2ccc(Cl)cc2)cs1)NCCc1ccccc1. The summed E-state index contributed by atoms with van der Waals surface area (Å²) >= 11 is 7.53. The first kappa shape index (κ1) is 19.4. The van der Waals surface area contributed by atoms with Crippen molar-refractivity contribution in [2.75, 3.05) is 6.54 Å². The molecule has 2 aromatic carbocycles. The summed E-state index contributed by atoms with van der Waals surface area (Å²) in [6.07, 6.45) is 2.73. The number of amides is 1. The Labute approximate surface area is 178 Å². The second-order valence-electron chi connectivity index (χ2n) is 6.65. The lowest BCUT2D eigenvalue weighted by Gasteiger charge is -2.09. The molecule has 0 atom stereocenters. The van der Waals surface area contributed by atoms with Gasteiger partial charge in [-0.05, 0) is 36.2 Å². The fourth-order valence-electron chi connectivity index (χ4n) is 3.09. The maximum Gasteiger partial charge on any atom is 0.239 e. The van der Waals surface area contributed by atoms with Gasteiger partial charge < -0.3 is 9.88 Å². The summed E-state index contributed by atoms with van der Waals surface area (Å²) in [4.78, 5) is 17.1. The first-order chi connectivity index (χ1) is 14.2. The highest BCUT2D eigenvalue weighted by atomic mass is 35.5. The van der Waals surface area contributed by atoms with Crippen molar-refractivity contribution >= 4 is 28.8 Å². The second kappa shape index (κ2) is 9.07. The van der Waals surface area contributed by atoms with E-state index in [0.717, 1.165) is 28.4 Å². The molecule has 1 N–H and O–H groups in total. The summed E-state index contributed by atoms with van der Waals surface area (Å²) < 4.78 is 1.93. The minimum atomic E-state index is -0.00661. The van der Waals surface area contributed by atoms with E-state index in [1.54, 1.807) is 11.3 Å². The number of benzene rings is 2. The van der Waals surface area contributed by atoms with E-state index < -0.39 is 0 Å². The minimum Gasteiger partial charge on any atom is -0.354 e. The van der Waals surface area contributed by atoms with Gasteiger partial charge in [0.1, 0.15) is 11.6 Å². The summed E-state index contributed by atoms with van der Waals surface area (Å²) in [6.45, 7) is 0.893. The average molecular weight is 422 g/mol. The molecule has 6 heteroatoms. The number of carbonyl (C=O) groups is 1. The Hall–Kier alpha value is -2.89. The highest BCUT2D eigenvalue weighted by Gasteiger charge is 2.12. The molecule has 0 aliphatic heterocycles. The monoisotopic (exact) mass is 421 g/mol. The van der Waals surface area contributed by atoms with Gasteiger partial charge in [-0.2, -0.15) is 0 Å². The maximum absolute atomic E-state index is 12.4. The fourth-order valence-corrected chi connectivity index (χ4v) is 4.09. The Kier molecular flexibility index (Phi) is 6.08. The third kappa shape index (κ3) is 4.94. The second-order valence-corrected chi connectivity index (χ2v) is 7.95. The quantitative estimate of drug-likeness (QED) is 0.440. The topological polar surface area (TPSA) is 46.9 Å². The minimum absolute atomic E-state index is 0.00661. The van der Waals surface area contributed by atoms with Gasteiger partial charge >= 0.3 is 0 Å². The summed E-state index contributed by atoms with van der Waals surface area (Å²) in [5.74, 6) is -0.00661. The van der Waals surface area contributed by atoms with Crippen molar-refractivity contribution in [3.05, 3.63) is 88.9 Å². The number of rotatable bonds is 7. The first-order valence-electron chi connectivity index (χ1n) is 9.36. The number of thiazole rings is 1. The molecule has 2 aromatic heterocycles. The molecule has 0 radical (unpaired) electrons. The highest BCUT2D eigenvalue weighted by Crippen LogP contribution is 2.29. The Morgan fingerprint density at radius 2 is 1.83 bits per heavy atom. The zero-order valence-electron chi connectivity index (χ0n) is 15.7. The number of carbonyl (C=O) groups excluding carboxylic acids is 1. The van der Waals surface area contributed by atoms with Crippen molar-refractivity contribution in [3.63, 3.8) is 0 Å². The van der Waals surface area contributed by atoms with Crippen LogP contribution in [0.2, 0.25) is 5.02 Å². The maximum atomic E-state index is 12.4. The van der Waals surface area contributed by atoms with Gasteiger partial charge in [0.15, 0.2) is 0 Å². The van der Waals surface area contributed by atoms with E-state index >= 15 is 0 Å². The van der Waals surface area contributed by atoms with Crippen LogP contribution in [0.15, 0.2) is 78.3 Å². The molecule has 0 bridgehead atoms. The lowest BCUT2D eigenvalue weighted by Crippen LogP contribution is -2.29. The largest absolute Gasteiger partial charge is 0.354 e. The molecule has 0 spiro atoms. The normalized spacial score (nSPS) is 10.8. The van der Waals surface area contributed by atoms with Crippen molar-refractivity contribution in [2.24, 2.45) is 0 Å². The fraction of sp³-hybridized carbons (Fsp3) is 0.130. The van der Waals surface area contributed by atoms with Gasteiger partial charge in [0.25, 0.3) is 0 Å². The molecule has 4 rings (SSSR count). The van der Waals surface area contributed by atoms with Gasteiger partial charge in [-0.25, -0.2) is 4.98 Å².